The molecule has 3 aromatic rings. The molecule has 0 bridgehead atoms. The Hall–Kier alpha value is -3.52. The van der Waals surface area contributed by atoms with Crippen molar-refractivity contribution in [3.63, 3.8) is 0 Å². The third-order valence-electron chi connectivity index (χ3n) is 3.51. The number of allylic oxidation sites excluding steroid dienone is 1. The Morgan fingerprint density at radius 2 is 1.88 bits per heavy atom. The van der Waals surface area contributed by atoms with E-state index in [0.29, 0.717) is 16.8 Å². The molecule has 0 aliphatic rings. The second-order valence-electron chi connectivity index (χ2n) is 5.21. The first-order valence-corrected chi connectivity index (χ1v) is 7.34. The summed E-state index contributed by atoms with van der Waals surface area (Å²) in [5, 5.41) is 13.8. The van der Waals surface area contributed by atoms with Gasteiger partial charge in [-0.15, -0.1) is 0 Å². The molecule has 116 valence electrons. The van der Waals surface area contributed by atoms with Gasteiger partial charge in [-0.2, -0.15) is 10.4 Å². The smallest absolute Gasteiger partial charge is 0.203 e. The number of aromatic nitrogens is 3. The summed E-state index contributed by atoms with van der Waals surface area (Å²) >= 11 is 0. The molecule has 0 radical (unpaired) electrons. The maximum Gasteiger partial charge on any atom is 0.203 e. The number of hydrogen-bond donors (Lipinski definition) is 0. The molecule has 24 heavy (non-hydrogen) atoms. The number of carbonyl (C=O) groups is 1. The topological polar surface area (TPSA) is 71.6 Å². The lowest BCUT2D eigenvalue weighted by Crippen LogP contribution is -2.01. The van der Waals surface area contributed by atoms with Gasteiger partial charge in [0.25, 0.3) is 0 Å². The molecule has 2 aromatic heterocycles. The van der Waals surface area contributed by atoms with Gasteiger partial charge < -0.3 is 0 Å². The van der Waals surface area contributed by atoms with Crippen LogP contribution in [0.2, 0.25) is 0 Å². The van der Waals surface area contributed by atoms with E-state index in [9.17, 15) is 10.1 Å². The highest BCUT2D eigenvalue weighted by molar-refractivity contribution is 6.14. The van der Waals surface area contributed by atoms with Gasteiger partial charge in [0.2, 0.25) is 5.78 Å². The Morgan fingerprint density at radius 3 is 2.54 bits per heavy atom. The van der Waals surface area contributed by atoms with E-state index in [0.717, 1.165) is 5.56 Å². The van der Waals surface area contributed by atoms with E-state index < -0.39 is 0 Å². The van der Waals surface area contributed by atoms with Crippen LogP contribution in [0.4, 0.5) is 0 Å². The van der Waals surface area contributed by atoms with Gasteiger partial charge in [-0.1, -0.05) is 30.3 Å². The highest BCUT2D eigenvalue weighted by Crippen LogP contribution is 2.24. The van der Waals surface area contributed by atoms with Gasteiger partial charge in [0.05, 0.1) is 5.69 Å². The van der Waals surface area contributed by atoms with Crippen LogP contribution in [-0.2, 0) is 7.05 Å². The molecule has 0 saturated carbocycles. The van der Waals surface area contributed by atoms with Crippen LogP contribution in [0.3, 0.4) is 0 Å². The van der Waals surface area contributed by atoms with Gasteiger partial charge in [-0.05, 0) is 18.2 Å². The molecule has 0 saturated heterocycles. The first kappa shape index (κ1) is 15.4. The summed E-state index contributed by atoms with van der Waals surface area (Å²) in [6.45, 7) is 0. The number of hydrogen-bond acceptors (Lipinski definition) is 4. The molecular formula is C19H14N4O. The van der Waals surface area contributed by atoms with Crippen molar-refractivity contribution < 1.29 is 4.79 Å². The molecule has 0 N–H and O–H groups in total. The van der Waals surface area contributed by atoms with Crippen LogP contribution in [-0.4, -0.2) is 20.5 Å². The van der Waals surface area contributed by atoms with Crippen molar-refractivity contribution in [3.05, 3.63) is 77.8 Å². The molecule has 0 atom stereocenters. The molecule has 3 rings (SSSR count). The molecule has 0 aliphatic carbocycles. The SMILES string of the molecule is Cn1cc(C=C(C#N)C(=O)c2ccccc2)c(-c2ccncc2)n1. The van der Waals surface area contributed by atoms with E-state index in [2.05, 4.69) is 10.1 Å². The number of ketones is 1. The Morgan fingerprint density at radius 1 is 1.17 bits per heavy atom. The van der Waals surface area contributed by atoms with Gasteiger partial charge in [-0.25, -0.2) is 0 Å². The number of carbonyl (C=O) groups excluding carboxylic acids is 1. The summed E-state index contributed by atoms with van der Waals surface area (Å²) in [5.41, 5.74) is 2.85. The van der Waals surface area contributed by atoms with Crippen molar-refractivity contribution >= 4 is 11.9 Å². The number of benzene rings is 1. The Labute approximate surface area is 139 Å². The fraction of sp³-hybridized carbons (Fsp3) is 0.0526. The first-order valence-electron chi connectivity index (χ1n) is 7.34. The maximum atomic E-state index is 12.5. The highest BCUT2D eigenvalue weighted by atomic mass is 16.1. The van der Waals surface area contributed by atoms with Crippen LogP contribution in [0, 0.1) is 11.3 Å². The zero-order chi connectivity index (χ0) is 16.9. The monoisotopic (exact) mass is 314 g/mol. The number of Topliss-reactive ketones (excluding diaryl/α,β-unsaturated/α-hetero) is 1. The van der Waals surface area contributed by atoms with E-state index in [4.69, 9.17) is 0 Å². The lowest BCUT2D eigenvalue weighted by molar-refractivity contribution is 0.104. The summed E-state index contributed by atoms with van der Waals surface area (Å²) in [6.07, 6.45) is 6.72. The van der Waals surface area contributed by atoms with Crippen LogP contribution >= 0.6 is 0 Å². The number of aryl methyl sites for hydroxylation is 1. The van der Waals surface area contributed by atoms with Crippen molar-refractivity contribution in [2.75, 3.05) is 0 Å². The molecule has 0 amide bonds. The summed E-state index contributed by atoms with van der Waals surface area (Å²) < 4.78 is 1.66. The van der Waals surface area contributed by atoms with Gasteiger partial charge in [0.15, 0.2) is 0 Å². The fourth-order valence-electron chi connectivity index (χ4n) is 2.40. The number of rotatable bonds is 4. The minimum absolute atomic E-state index is 0.0736. The van der Waals surface area contributed by atoms with Crippen LogP contribution in [0.5, 0.6) is 0 Å². The van der Waals surface area contributed by atoms with Crippen molar-refractivity contribution in [1.29, 1.82) is 5.26 Å². The van der Waals surface area contributed by atoms with Crippen LogP contribution < -0.4 is 0 Å². The largest absolute Gasteiger partial charge is 0.288 e. The second kappa shape index (κ2) is 6.71. The number of nitriles is 1. The predicted molar refractivity (Wildman–Crippen MR) is 90.8 cm³/mol. The zero-order valence-corrected chi connectivity index (χ0v) is 13.0. The number of nitrogens with zero attached hydrogens (tertiary/aromatic N) is 4. The Kier molecular flexibility index (Phi) is 4.30. The van der Waals surface area contributed by atoms with Crippen molar-refractivity contribution in [2.24, 2.45) is 7.05 Å². The van der Waals surface area contributed by atoms with Gasteiger partial charge in [-0.3, -0.25) is 14.5 Å². The van der Waals surface area contributed by atoms with E-state index in [1.807, 2.05) is 24.3 Å². The van der Waals surface area contributed by atoms with Crippen molar-refractivity contribution in [2.45, 2.75) is 0 Å². The number of pyridine rings is 1. The fourth-order valence-corrected chi connectivity index (χ4v) is 2.40. The van der Waals surface area contributed by atoms with Gasteiger partial charge >= 0.3 is 0 Å². The first-order chi connectivity index (χ1) is 11.7. The van der Waals surface area contributed by atoms with Crippen LogP contribution in [0.25, 0.3) is 17.3 Å². The van der Waals surface area contributed by atoms with Crippen molar-refractivity contribution in [1.82, 2.24) is 14.8 Å². The summed E-state index contributed by atoms with van der Waals surface area (Å²) in [7, 11) is 1.80. The van der Waals surface area contributed by atoms with E-state index in [1.54, 1.807) is 60.7 Å². The van der Waals surface area contributed by atoms with Crippen molar-refractivity contribution in [3.8, 4) is 17.3 Å². The summed E-state index contributed by atoms with van der Waals surface area (Å²) in [6, 6.07) is 14.4. The third-order valence-corrected chi connectivity index (χ3v) is 3.51. The second-order valence-corrected chi connectivity index (χ2v) is 5.21. The maximum absolute atomic E-state index is 12.5. The lowest BCUT2D eigenvalue weighted by atomic mass is 10.0. The van der Waals surface area contributed by atoms with E-state index in [1.165, 1.54) is 0 Å². The summed E-state index contributed by atoms with van der Waals surface area (Å²) in [5.74, 6) is -0.303. The molecule has 0 spiro atoms. The molecule has 5 heteroatoms. The Balaban J connectivity index is 2.04. The van der Waals surface area contributed by atoms with Crippen LogP contribution in [0.1, 0.15) is 15.9 Å². The minimum atomic E-state index is -0.303. The normalized spacial score (nSPS) is 11.1. The molecular weight excluding hydrogens is 300 g/mol. The Bertz CT molecular complexity index is 935. The standard InChI is InChI=1S/C19H14N4O/c1-23-13-17(18(22-23)14-7-9-21-10-8-14)11-16(12-20)19(24)15-5-3-2-4-6-15/h2-11,13H,1H3. The van der Waals surface area contributed by atoms with Crippen LogP contribution in [0.15, 0.2) is 66.6 Å². The molecule has 0 aliphatic heterocycles. The minimum Gasteiger partial charge on any atom is -0.288 e. The average Bonchev–Trinajstić information content (AvgIpc) is 3.01. The summed E-state index contributed by atoms with van der Waals surface area (Å²) in [4.78, 5) is 16.5. The predicted octanol–water partition coefficient (Wildman–Crippen LogP) is 3.27. The molecule has 0 fully saturated rings. The average molecular weight is 314 g/mol. The van der Waals surface area contributed by atoms with E-state index >= 15 is 0 Å². The van der Waals surface area contributed by atoms with E-state index in [-0.39, 0.29) is 11.4 Å². The quantitative estimate of drug-likeness (QED) is 0.421. The lowest BCUT2D eigenvalue weighted by Gasteiger charge is -2.00. The molecule has 5 nitrogen and oxygen atoms in total. The van der Waals surface area contributed by atoms with Gasteiger partial charge in [0, 0.05) is 42.3 Å². The zero-order valence-electron chi connectivity index (χ0n) is 13.0. The van der Waals surface area contributed by atoms with Gasteiger partial charge in [0.1, 0.15) is 11.6 Å². The molecule has 2 heterocycles. The molecule has 0 unspecified atom stereocenters. The highest BCUT2D eigenvalue weighted by Gasteiger charge is 2.15. The third kappa shape index (κ3) is 3.13. The molecule has 1 aromatic carbocycles.